The van der Waals surface area contributed by atoms with Crippen LogP contribution in [0.25, 0.3) is 0 Å². The summed E-state index contributed by atoms with van der Waals surface area (Å²) in [5, 5.41) is 3.01. The average molecular weight is 355 g/mol. The van der Waals surface area contributed by atoms with Crippen molar-refractivity contribution < 1.29 is 13.9 Å². The van der Waals surface area contributed by atoms with Crippen molar-refractivity contribution >= 4 is 5.91 Å². The third-order valence-electron chi connectivity index (χ3n) is 5.34. The van der Waals surface area contributed by atoms with Crippen LogP contribution in [0.3, 0.4) is 0 Å². The topological polar surface area (TPSA) is 51.5 Å². The van der Waals surface area contributed by atoms with Crippen molar-refractivity contribution in [3.8, 4) is 0 Å². The predicted octanol–water partition coefficient (Wildman–Crippen LogP) is 4.35. The van der Waals surface area contributed by atoms with E-state index in [2.05, 4.69) is 43.4 Å². The summed E-state index contributed by atoms with van der Waals surface area (Å²) in [6, 6.07) is 14.2. The fourth-order valence-corrected chi connectivity index (χ4v) is 3.86. The number of hydrogen-bond donors (Lipinski definition) is 1. The molecule has 2 aromatic rings. The lowest BCUT2D eigenvalue weighted by Crippen LogP contribution is -2.42. The molecule has 0 saturated carbocycles. The van der Waals surface area contributed by atoms with Crippen LogP contribution in [0.5, 0.6) is 0 Å². The van der Waals surface area contributed by atoms with Gasteiger partial charge in [-0.15, -0.1) is 0 Å². The van der Waals surface area contributed by atoms with E-state index >= 15 is 0 Å². The Morgan fingerprint density at radius 2 is 2.04 bits per heavy atom. The summed E-state index contributed by atoms with van der Waals surface area (Å²) >= 11 is 0. The summed E-state index contributed by atoms with van der Waals surface area (Å²) in [6.07, 6.45) is 5.12. The van der Waals surface area contributed by atoms with Crippen LogP contribution in [0, 0.1) is 11.3 Å². The van der Waals surface area contributed by atoms with Gasteiger partial charge < -0.3 is 14.5 Å². The van der Waals surface area contributed by atoms with Crippen LogP contribution >= 0.6 is 0 Å². The minimum Gasteiger partial charge on any atom is -0.467 e. The van der Waals surface area contributed by atoms with Crippen LogP contribution in [0.15, 0.2) is 53.1 Å². The minimum absolute atomic E-state index is 0.0538. The molecule has 1 amide bonds. The quantitative estimate of drug-likeness (QED) is 0.803. The van der Waals surface area contributed by atoms with Crippen LogP contribution in [0.2, 0.25) is 0 Å². The largest absolute Gasteiger partial charge is 0.467 e. The molecule has 4 nitrogen and oxygen atoms in total. The molecule has 1 aliphatic rings. The predicted molar refractivity (Wildman–Crippen MR) is 102 cm³/mol. The molecule has 1 aromatic carbocycles. The first-order chi connectivity index (χ1) is 12.6. The third kappa shape index (κ3) is 4.98. The van der Waals surface area contributed by atoms with E-state index in [0.29, 0.717) is 18.9 Å². The standard InChI is InChI=1S/C22H29NO3/c1-17(2)20-14-22(10-12-26-20,13-18-7-4-3-5-8-18)15-21(24)23-16-19-9-6-11-25-19/h3-9,11,17,20H,10,12-16H2,1-2H3,(H,23,24)/t20-,22+/m1/s1. The van der Waals surface area contributed by atoms with Crippen molar-refractivity contribution in [3.63, 3.8) is 0 Å². The van der Waals surface area contributed by atoms with Gasteiger partial charge in [0.25, 0.3) is 0 Å². The molecule has 0 bridgehead atoms. The Morgan fingerprint density at radius 3 is 2.73 bits per heavy atom. The third-order valence-corrected chi connectivity index (χ3v) is 5.34. The van der Waals surface area contributed by atoms with Gasteiger partial charge in [0.15, 0.2) is 0 Å². The lowest BCUT2D eigenvalue weighted by atomic mass is 9.69. The molecule has 1 fully saturated rings. The molecule has 1 aliphatic heterocycles. The van der Waals surface area contributed by atoms with E-state index in [1.54, 1.807) is 6.26 Å². The molecule has 26 heavy (non-hydrogen) atoms. The summed E-state index contributed by atoms with van der Waals surface area (Å²) in [6.45, 7) is 5.55. The first-order valence-corrected chi connectivity index (χ1v) is 9.51. The zero-order valence-corrected chi connectivity index (χ0v) is 15.7. The highest BCUT2D eigenvalue weighted by molar-refractivity contribution is 5.76. The zero-order valence-electron chi connectivity index (χ0n) is 15.7. The van der Waals surface area contributed by atoms with Crippen LogP contribution in [-0.2, 0) is 22.5 Å². The Morgan fingerprint density at radius 1 is 1.23 bits per heavy atom. The van der Waals surface area contributed by atoms with Crippen LogP contribution < -0.4 is 5.32 Å². The fourth-order valence-electron chi connectivity index (χ4n) is 3.86. The number of rotatable bonds is 7. The molecule has 1 aromatic heterocycles. The number of furan rings is 1. The number of carbonyl (C=O) groups is 1. The van der Waals surface area contributed by atoms with E-state index in [0.717, 1.165) is 31.6 Å². The van der Waals surface area contributed by atoms with Crippen molar-refractivity contribution in [2.75, 3.05) is 6.61 Å². The number of nitrogens with one attached hydrogen (secondary N) is 1. The molecule has 0 spiro atoms. The summed E-state index contributed by atoms with van der Waals surface area (Å²) in [4.78, 5) is 12.7. The summed E-state index contributed by atoms with van der Waals surface area (Å²) in [5.41, 5.74) is 1.23. The number of carbonyl (C=O) groups excluding carboxylic acids is 1. The Kier molecular flexibility index (Phi) is 6.15. The Labute approximate surface area is 155 Å². The van der Waals surface area contributed by atoms with Gasteiger partial charge in [-0.25, -0.2) is 0 Å². The van der Waals surface area contributed by atoms with Gasteiger partial charge in [0.1, 0.15) is 5.76 Å². The Bertz CT molecular complexity index is 681. The van der Waals surface area contributed by atoms with Crippen molar-refractivity contribution in [3.05, 3.63) is 60.1 Å². The van der Waals surface area contributed by atoms with E-state index in [-0.39, 0.29) is 17.4 Å². The average Bonchev–Trinajstić information content (AvgIpc) is 3.14. The smallest absolute Gasteiger partial charge is 0.220 e. The highest BCUT2D eigenvalue weighted by Crippen LogP contribution is 2.41. The molecule has 3 rings (SSSR count). The monoisotopic (exact) mass is 355 g/mol. The molecule has 4 heteroatoms. The van der Waals surface area contributed by atoms with Crippen LogP contribution in [0.1, 0.15) is 44.4 Å². The van der Waals surface area contributed by atoms with E-state index in [9.17, 15) is 4.79 Å². The van der Waals surface area contributed by atoms with Crippen LogP contribution in [-0.4, -0.2) is 18.6 Å². The summed E-state index contributed by atoms with van der Waals surface area (Å²) in [7, 11) is 0. The maximum Gasteiger partial charge on any atom is 0.220 e. The van der Waals surface area contributed by atoms with Gasteiger partial charge in [-0.3, -0.25) is 4.79 Å². The van der Waals surface area contributed by atoms with Crippen molar-refractivity contribution in [1.29, 1.82) is 0 Å². The highest BCUT2D eigenvalue weighted by Gasteiger charge is 2.39. The molecule has 0 radical (unpaired) electrons. The van der Waals surface area contributed by atoms with Gasteiger partial charge in [0, 0.05) is 13.0 Å². The lowest BCUT2D eigenvalue weighted by Gasteiger charge is -2.42. The maximum atomic E-state index is 12.7. The second-order valence-electron chi connectivity index (χ2n) is 7.80. The molecular formula is C22H29NO3. The van der Waals surface area contributed by atoms with Gasteiger partial charge in [-0.2, -0.15) is 0 Å². The molecule has 2 heterocycles. The number of amides is 1. The van der Waals surface area contributed by atoms with Gasteiger partial charge in [-0.05, 0) is 48.3 Å². The first-order valence-electron chi connectivity index (χ1n) is 9.51. The molecule has 2 atom stereocenters. The van der Waals surface area contributed by atoms with Crippen molar-refractivity contribution in [2.24, 2.45) is 11.3 Å². The molecule has 1 saturated heterocycles. The van der Waals surface area contributed by atoms with Gasteiger partial charge in [-0.1, -0.05) is 44.2 Å². The lowest BCUT2D eigenvalue weighted by molar-refractivity contribution is -0.128. The summed E-state index contributed by atoms with van der Waals surface area (Å²) < 4.78 is 11.3. The highest BCUT2D eigenvalue weighted by atomic mass is 16.5. The van der Waals surface area contributed by atoms with E-state index in [4.69, 9.17) is 9.15 Å². The maximum absolute atomic E-state index is 12.7. The second kappa shape index (κ2) is 8.54. The van der Waals surface area contributed by atoms with Gasteiger partial charge >= 0.3 is 0 Å². The summed E-state index contributed by atoms with van der Waals surface area (Å²) in [5.74, 6) is 1.32. The second-order valence-corrected chi connectivity index (χ2v) is 7.80. The Balaban J connectivity index is 1.70. The van der Waals surface area contributed by atoms with Crippen molar-refractivity contribution in [2.45, 2.75) is 52.2 Å². The number of ether oxygens (including phenoxy) is 1. The Hall–Kier alpha value is -2.07. The number of benzene rings is 1. The number of hydrogen-bond acceptors (Lipinski definition) is 3. The van der Waals surface area contributed by atoms with E-state index in [1.807, 2.05) is 18.2 Å². The van der Waals surface area contributed by atoms with Crippen molar-refractivity contribution in [1.82, 2.24) is 5.32 Å². The SMILES string of the molecule is CC(C)[C@H]1C[C@@](CC(=O)NCc2ccco2)(Cc2ccccc2)CCO1. The first kappa shape index (κ1) is 18.7. The molecule has 0 unspecified atom stereocenters. The van der Waals surface area contributed by atoms with Crippen LogP contribution in [0.4, 0.5) is 0 Å². The van der Waals surface area contributed by atoms with E-state index in [1.165, 1.54) is 5.56 Å². The molecule has 140 valence electrons. The minimum atomic E-state index is -0.0538. The van der Waals surface area contributed by atoms with Gasteiger partial charge in [0.05, 0.1) is 18.9 Å². The van der Waals surface area contributed by atoms with E-state index < -0.39 is 0 Å². The van der Waals surface area contributed by atoms with Gasteiger partial charge in [0.2, 0.25) is 5.91 Å². The fraction of sp³-hybridized carbons (Fsp3) is 0.500. The zero-order chi connectivity index (χ0) is 18.4. The molecule has 0 aliphatic carbocycles. The molecule has 1 N–H and O–H groups in total. The molecular weight excluding hydrogens is 326 g/mol. The normalized spacial score (nSPS) is 23.1.